The summed E-state index contributed by atoms with van der Waals surface area (Å²) in [6.07, 6.45) is 7.42. The van der Waals surface area contributed by atoms with Crippen LogP contribution in [0.4, 0.5) is 0 Å². The fraction of sp³-hybridized carbons (Fsp3) is 0.440. The van der Waals surface area contributed by atoms with Crippen LogP contribution in [0.1, 0.15) is 34.6 Å². The Bertz CT molecular complexity index is 1270. The number of aryl methyl sites for hydroxylation is 1. The maximum Gasteiger partial charge on any atom is 0.0918 e. The summed E-state index contributed by atoms with van der Waals surface area (Å²) >= 11 is 0. The van der Waals surface area contributed by atoms with Crippen molar-refractivity contribution in [3.63, 3.8) is 0 Å². The molecule has 6 rings (SSSR count). The van der Waals surface area contributed by atoms with E-state index in [1.807, 2.05) is 12.3 Å². The third kappa shape index (κ3) is 3.17. The molecule has 31 heavy (non-hydrogen) atoms. The first-order chi connectivity index (χ1) is 15.1. The molecular formula is C25H30N6. The van der Waals surface area contributed by atoms with Crippen LogP contribution >= 0.6 is 0 Å². The maximum absolute atomic E-state index is 5.13. The van der Waals surface area contributed by atoms with Crippen LogP contribution in [0.15, 0.2) is 30.5 Å². The average Bonchev–Trinajstić information content (AvgIpc) is 3.43. The Morgan fingerprint density at radius 1 is 0.903 bits per heavy atom. The number of aromatic nitrogens is 4. The maximum atomic E-state index is 5.13. The van der Waals surface area contributed by atoms with Crippen LogP contribution in [0, 0.1) is 0 Å². The fourth-order valence-corrected chi connectivity index (χ4v) is 5.58. The number of hydrogen-bond donors (Lipinski definition) is 2. The molecule has 2 N–H and O–H groups in total. The number of hydrogen-bond acceptors (Lipinski definition) is 4. The second-order valence-corrected chi connectivity index (χ2v) is 9.60. The molecule has 0 radical (unpaired) electrons. The first-order valence-electron chi connectivity index (χ1n) is 11.4. The van der Waals surface area contributed by atoms with Gasteiger partial charge in [0.1, 0.15) is 0 Å². The topological polar surface area (TPSA) is 63.8 Å². The molecule has 0 saturated carbocycles. The van der Waals surface area contributed by atoms with Crippen molar-refractivity contribution in [1.29, 1.82) is 0 Å². The molecule has 2 aliphatic rings. The number of likely N-dealkylation sites (N-methyl/N-ethyl adjacent to an activating group) is 2. The van der Waals surface area contributed by atoms with Gasteiger partial charge in [0, 0.05) is 53.8 Å². The standard InChI is InChI=1S/C25H30N6/c1-30(2)16-7-9-20-18(11-16)25-22(28-20)8-6-15(27-25)14-31(3)17-12-19-23(13-17)29-21-5-4-10-26-24(19)21/h4-6,8,10,16-17,28-29H,7,9,11-14H2,1-3H3/t16-,17+/m0/s1. The summed E-state index contributed by atoms with van der Waals surface area (Å²) in [5, 5.41) is 0. The summed E-state index contributed by atoms with van der Waals surface area (Å²) in [6, 6.07) is 9.63. The van der Waals surface area contributed by atoms with Crippen LogP contribution in [0.2, 0.25) is 0 Å². The molecule has 2 aliphatic carbocycles. The van der Waals surface area contributed by atoms with E-state index in [0.29, 0.717) is 12.1 Å². The third-order valence-corrected chi connectivity index (χ3v) is 7.44. The van der Waals surface area contributed by atoms with E-state index in [1.54, 1.807) is 0 Å². The number of fused-ring (bicyclic) bond motifs is 6. The number of rotatable bonds is 4. The van der Waals surface area contributed by atoms with Crippen LogP contribution in [0.25, 0.3) is 22.1 Å². The monoisotopic (exact) mass is 414 g/mol. The van der Waals surface area contributed by atoms with E-state index >= 15 is 0 Å². The summed E-state index contributed by atoms with van der Waals surface area (Å²) in [7, 11) is 6.61. The Morgan fingerprint density at radius 2 is 1.68 bits per heavy atom. The number of pyridine rings is 2. The van der Waals surface area contributed by atoms with Crippen LogP contribution in [0.5, 0.6) is 0 Å². The zero-order valence-electron chi connectivity index (χ0n) is 18.6. The van der Waals surface area contributed by atoms with Gasteiger partial charge in [-0.25, -0.2) is 4.98 Å². The van der Waals surface area contributed by atoms with Gasteiger partial charge < -0.3 is 14.9 Å². The predicted octanol–water partition coefficient (Wildman–Crippen LogP) is 3.46. The summed E-state index contributed by atoms with van der Waals surface area (Å²) in [6.45, 7) is 0.868. The largest absolute Gasteiger partial charge is 0.357 e. The van der Waals surface area contributed by atoms with E-state index in [4.69, 9.17) is 4.98 Å². The van der Waals surface area contributed by atoms with Gasteiger partial charge in [-0.1, -0.05) is 0 Å². The molecule has 0 spiro atoms. The van der Waals surface area contributed by atoms with E-state index in [1.165, 1.54) is 40.0 Å². The van der Waals surface area contributed by atoms with Gasteiger partial charge in [0.05, 0.1) is 27.8 Å². The first kappa shape index (κ1) is 19.0. The molecule has 0 aromatic carbocycles. The highest BCUT2D eigenvalue weighted by Gasteiger charge is 2.29. The van der Waals surface area contributed by atoms with Gasteiger partial charge in [-0.3, -0.25) is 9.88 Å². The Hall–Kier alpha value is -2.70. The van der Waals surface area contributed by atoms with Crippen LogP contribution in [-0.4, -0.2) is 63.0 Å². The lowest BCUT2D eigenvalue weighted by molar-refractivity contribution is 0.238. The quantitative estimate of drug-likeness (QED) is 0.537. The zero-order chi connectivity index (χ0) is 21.1. The van der Waals surface area contributed by atoms with Crippen LogP contribution in [-0.2, 0) is 32.2 Å². The molecule has 2 atom stereocenters. The van der Waals surface area contributed by atoms with Crippen molar-refractivity contribution in [3.8, 4) is 0 Å². The number of H-pyrrole nitrogens is 2. The Morgan fingerprint density at radius 3 is 2.55 bits per heavy atom. The number of nitrogens with zero attached hydrogens (tertiary/aromatic N) is 4. The van der Waals surface area contributed by atoms with Gasteiger partial charge in [0.15, 0.2) is 0 Å². The van der Waals surface area contributed by atoms with E-state index in [9.17, 15) is 0 Å². The Balaban J connectivity index is 1.23. The second-order valence-electron chi connectivity index (χ2n) is 9.60. The van der Waals surface area contributed by atoms with E-state index in [0.717, 1.165) is 49.0 Å². The molecule has 4 aromatic rings. The zero-order valence-corrected chi connectivity index (χ0v) is 18.6. The smallest absolute Gasteiger partial charge is 0.0918 e. The molecule has 0 fully saturated rings. The summed E-state index contributed by atoms with van der Waals surface area (Å²) < 4.78 is 0. The van der Waals surface area contributed by atoms with Crippen molar-refractivity contribution in [3.05, 3.63) is 58.7 Å². The Labute approximate surface area is 182 Å². The average molecular weight is 415 g/mol. The number of nitrogens with one attached hydrogen (secondary N) is 2. The van der Waals surface area contributed by atoms with E-state index in [2.05, 4.69) is 64.1 Å². The minimum Gasteiger partial charge on any atom is -0.357 e. The minimum absolute atomic E-state index is 0.489. The normalized spacial score (nSPS) is 20.8. The van der Waals surface area contributed by atoms with Gasteiger partial charge >= 0.3 is 0 Å². The van der Waals surface area contributed by atoms with Gasteiger partial charge in [-0.05, 0) is 71.1 Å². The SMILES string of the molecule is CN(C)[C@H]1CCc2[nH]c3ccc(CN(C)[C@H]4Cc5[nH]c6cccnc6c5C4)nc3c2C1. The molecule has 0 aliphatic heterocycles. The van der Waals surface area contributed by atoms with Gasteiger partial charge in [-0.2, -0.15) is 0 Å². The van der Waals surface area contributed by atoms with Crippen molar-refractivity contribution < 1.29 is 0 Å². The molecule has 0 bridgehead atoms. The molecule has 0 saturated heterocycles. The first-order valence-corrected chi connectivity index (χ1v) is 11.4. The molecule has 0 amide bonds. The highest BCUT2D eigenvalue weighted by Crippen LogP contribution is 2.32. The van der Waals surface area contributed by atoms with Crippen LogP contribution < -0.4 is 0 Å². The molecule has 4 aromatic heterocycles. The molecule has 4 heterocycles. The number of aromatic amines is 2. The van der Waals surface area contributed by atoms with Gasteiger partial charge in [0.25, 0.3) is 0 Å². The summed E-state index contributed by atoms with van der Waals surface area (Å²) in [4.78, 5) is 21.8. The Kier molecular flexibility index (Phi) is 4.40. The minimum atomic E-state index is 0.489. The van der Waals surface area contributed by atoms with Gasteiger partial charge in [0.2, 0.25) is 0 Å². The molecule has 160 valence electrons. The van der Waals surface area contributed by atoms with Crippen molar-refractivity contribution in [2.24, 2.45) is 0 Å². The van der Waals surface area contributed by atoms with Crippen molar-refractivity contribution in [2.45, 2.75) is 50.7 Å². The van der Waals surface area contributed by atoms with E-state index in [-0.39, 0.29) is 0 Å². The summed E-state index contributed by atoms with van der Waals surface area (Å²) in [5.41, 5.74) is 11.4. The molecule has 6 nitrogen and oxygen atoms in total. The third-order valence-electron chi connectivity index (χ3n) is 7.44. The van der Waals surface area contributed by atoms with Crippen molar-refractivity contribution in [2.75, 3.05) is 21.1 Å². The highest BCUT2D eigenvalue weighted by atomic mass is 15.1. The fourth-order valence-electron chi connectivity index (χ4n) is 5.58. The second kappa shape index (κ2) is 7.18. The van der Waals surface area contributed by atoms with Crippen molar-refractivity contribution >= 4 is 22.1 Å². The van der Waals surface area contributed by atoms with Crippen molar-refractivity contribution in [1.82, 2.24) is 29.7 Å². The van der Waals surface area contributed by atoms with E-state index < -0.39 is 0 Å². The summed E-state index contributed by atoms with van der Waals surface area (Å²) in [5.74, 6) is 0. The predicted molar refractivity (Wildman–Crippen MR) is 124 cm³/mol. The van der Waals surface area contributed by atoms with Gasteiger partial charge in [-0.15, -0.1) is 0 Å². The highest BCUT2D eigenvalue weighted by molar-refractivity contribution is 5.82. The molecule has 6 heteroatoms. The lowest BCUT2D eigenvalue weighted by Gasteiger charge is -2.28. The lowest BCUT2D eigenvalue weighted by Crippen LogP contribution is -2.33. The lowest BCUT2D eigenvalue weighted by atomic mass is 9.92. The molecular weight excluding hydrogens is 384 g/mol. The molecule has 0 unspecified atom stereocenters. The van der Waals surface area contributed by atoms with Crippen LogP contribution in [0.3, 0.4) is 0 Å².